The van der Waals surface area contributed by atoms with Crippen molar-refractivity contribution in [3.05, 3.63) is 23.8 Å². The van der Waals surface area contributed by atoms with E-state index in [1.54, 1.807) is 5.57 Å². The lowest BCUT2D eigenvalue weighted by Crippen LogP contribution is -2.15. The largest absolute Gasteiger partial charge is 0.316 e. The minimum absolute atomic E-state index is 0.659. The van der Waals surface area contributed by atoms with Crippen molar-refractivity contribution in [1.29, 1.82) is 0 Å². The Labute approximate surface area is 93.6 Å². The molecular weight excluding hydrogens is 182 g/mol. The van der Waals surface area contributed by atoms with Gasteiger partial charge in [0.25, 0.3) is 0 Å². The third kappa shape index (κ3) is 2.34. The van der Waals surface area contributed by atoms with E-state index < -0.39 is 0 Å². The van der Waals surface area contributed by atoms with Gasteiger partial charge in [-0.15, -0.1) is 0 Å². The van der Waals surface area contributed by atoms with Crippen LogP contribution in [0.5, 0.6) is 0 Å². The Bertz CT molecular complexity index is 275. The normalized spacial score (nSPS) is 41.6. The van der Waals surface area contributed by atoms with E-state index in [-0.39, 0.29) is 0 Å². The van der Waals surface area contributed by atoms with E-state index >= 15 is 0 Å². The van der Waals surface area contributed by atoms with Crippen molar-refractivity contribution in [3.63, 3.8) is 0 Å². The monoisotopic (exact) mass is 205 g/mol. The second-order valence-electron chi connectivity index (χ2n) is 5.43. The van der Waals surface area contributed by atoms with E-state index in [0.29, 0.717) is 5.92 Å². The van der Waals surface area contributed by atoms with Crippen molar-refractivity contribution in [2.75, 3.05) is 13.1 Å². The van der Waals surface area contributed by atoms with Crippen molar-refractivity contribution in [2.45, 2.75) is 27.2 Å². The molecule has 0 aromatic carbocycles. The van der Waals surface area contributed by atoms with Crippen LogP contribution in [0.15, 0.2) is 23.8 Å². The standard InChI is InChI=1S/C14H23N/c1-10(2)14-6-4-5-12-8-15-9-13(12)7-11(14)3/h4,6-7,10,12-15H,5,8-9H2,1-3H3/b6-4-,11-7-/t12-,13+,14+/m0/s1. The first kappa shape index (κ1) is 10.9. The molecule has 0 amide bonds. The summed E-state index contributed by atoms with van der Waals surface area (Å²) >= 11 is 0. The zero-order valence-corrected chi connectivity index (χ0v) is 10.2. The molecule has 0 bridgehead atoms. The predicted octanol–water partition coefficient (Wildman–Crippen LogP) is 3.00. The summed E-state index contributed by atoms with van der Waals surface area (Å²) < 4.78 is 0. The summed E-state index contributed by atoms with van der Waals surface area (Å²) in [7, 11) is 0. The van der Waals surface area contributed by atoms with Crippen molar-refractivity contribution >= 4 is 0 Å². The van der Waals surface area contributed by atoms with Gasteiger partial charge >= 0.3 is 0 Å². The zero-order chi connectivity index (χ0) is 10.8. The molecule has 1 fully saturated rings. The lowest BCUT2D eigenvalue weighted by atomic mass is 9.81. The molecule has 15 heavy (non-hydrogen) atoms. The minimum Gasteiger partial charge on any atom is -0.316 e. The van der Waals surface area contributed by atoms with Crippen LogP contribution in [0.4, 0.5) is 0 Å². The van der Waals surface area contributed by atoms with Gasteiger partial charge in [-0.2, -0.15) is 0 Å². The molecule has 1 heterocycles. The van der Waals surface area contributed by atoms with Crippen molar-refractivity contribution in [2.24, 2.45) is 23.7 Å². The summed E-state index contributed by atoms with van der Waals surface area (Å²) in [5.74, 6) is 3.00. The second-order valence-corrected chi connectivity index (χ2v) is 5.43. The predicted molar refractivity (Wildman–Crippen MR) is 65.7 cm³/mol. The van der Waals surface area contributed by atoms with Gasteiger partial charge in [0.05, 0.1) is 0 Å². The Morgan fingerprint density at radius 1 is 1.33 bits per heavy atom. The average molecular weight is 205 g/mol. The molecule has 2 aliphatic rings. The molecule has 1 nitrogen and oxygen atoms in total. The molecule has 2 rings (SSSR count). The maximum absolute atomic E-state index is 3.51. The van der Waals surface area contributed by atoms with Crippen LogP contribution in [-0.4, -0.2) is 13.1 Å². The highest BCUT2D eigenvalue weighted by Crippen LogP contribution is 2.31. The Kier molecular flexibility index (Phi) is 3.30. The fourth-order valence-electron chi connectivity index (χ4n) is 2.96. The summed E-state index contributed by atoms with van der Waals surface area (Å²) in [6.07, 6.45) is 8.61. The summed E-state index contributed by atoms with van der Waals surface area (Å²) in [4.78, 5) is 0. The number of allylic oxidation sites excluding steroid dienone is 3. The zero-order valence-electron chi connectivity index (χ0n) is 10.2. The molecule has 1 aliphatic heterocycles. The maximum Gasteiger partial charge on any atom is 0.00176 e. The Hall–Kier alpha value is -0.560. The van der Waals surface area contributed by atoms with E-state index in [1.807, 2.05) is 0 Å². The Morgan fingerprint density at radius 2 is 2.13 bits per heavy atom. The van der Waals surface area contributed by atoms with Crippen molar-refractivity contribution < 1.29 is 0 Å². The van der Waals surface area contributed by atoms with Crippen LogP contribution < -0.4 is 5.32 Å². The average Bonchev–Trinajstić information content (AvgIpc) is 2.55. The fourth-order valence-corrected chi connectivity index (χ4v) is 2.96. The summed E-state index contributed by atoms with van der Waals surface area (Å²) in [6, 6.07) is 0. The summed E-state index contributed by atoms with van der Waals surface area (Å²) in [6.45, 7) is 9.32. The van der Waals surface area contributed by atoms with Gasteiger partial charge in [-0.05, 0) is 43.6 Å². The lowest BCUT2D eigenvalue weighted by molar-refractivity contribution is 0.465. The third-order valence-corrected chi connectivity index (χ3v) is 3.90. The number of hydrogen-bond acceptors (Lipinski definition) is 1. The number of nitrogens with one attached hydrogen (secondary N) is 1. The van der Waals surface area contributed by atoms with Gasteiger partial charge < -0.3 is 5.32 Å². The van der Waals surface area contributed by atoms with Gasteiger partial charge in [0.15, 0.2) is 0 Å². The molecule has 84 valence electrons. The van der Waals surface area contributed by atoms with Crippen LogP contribution in [0.2, 0.25) is 0 Å². The molecule has 1 aliphatic carbocycles. The molecule has 0 spiro atoms. The number of fused-ring (bicyclic) bond motifs is 1. The van der Waals surface area contributed by atoms with Crippen molar-refractivity contribution in [3.8, 4) is 0 Å². The van der Waals surface area contributed by atoms with Gasteiger partial charge in [-0.25, -0.2) is 0 Å². The topological polar surface area (TPSA) is 12.0 Å². The number of rotatable bonds is 1. The first-order chi connectivity index (χ1) is 7.18. The first-order valence-corrected chi connectivity index (χ1v) is 6.24. The highest BCUT2D eigenvalue weighted by atomic mass is 14.9. The fraction of sp³-hybridized carbons (Fsp3) is 0.714. The minimum atomic E-state index is 0.659. The van der Waals surface area contributed by atoms with Crippen LogP contribution in [0.3, 0.4) is 0 Å². The van der Waals surface area contributed by atoms with Crippen LogP contribution >= 0.6 is 0 Å². The van der Waals surface area contributed by atoms with Crippen LogP contribution in [0.25, 0.3) is 0 Å². The molecule has 0 aromatic heterocycles. The van der Waals surface area contributed by atoms with Gasteiger partial charge in [0, 0.05) is 6.54 Å². The molecule has 1 N–H and O–H groups in total. The molecule has 3 atom stereocenters. The van der Waals surface area contributed by atoms with Crippen LogP contribution in [0, 0.1) is 23.7 Å². The third-order valence-electron chi connectivity index (χ3n) is 3.90. The quantitative estimate of drug-likeness (QED) is 0.649. The van der Waals surface area contributed by atoms with Crippen LogP contribution in [0.1, 0.15) is 27.2 Å². The molecule has 0 aromatic rings. The molecule has 0 unspecified atom stereocenters. The van der Waals surface area contributed by atoms with E-state index in [2.05, 4.69) is 44.3 Å². The van der Waals surface area contributed by atoms with E-state index in [0.717, 1.165) is 17.8 Å². The van der Waals surface area contributed by atoms with Crippen LogP contribution in [-0.2, 0) is 0 Å². The van der Waals surface area contributed by atoms with E-state index in [9.17, 15) is 0 Å². The highest BCUT2D eigenvalue weighted by molar-refractivity contribution is 5.17. The first-order valence-electron chi connectivity index (χ1n) is 6.24. The maximum atomic E-state index is 3.51. The Balaban J connectivity index is 2.19. The van der Waals surface area contributed by atoms with Gasteiger partial charge in [0.1, 0.15) is 0 Å². The van der Waals surface area contributed by atoms with Crippen molar-refractivity contribution in [1.82, 2.24) is 5.32 Å². The number of hydrogen-bond donors (Lipinski definition) is 1. The van der Waals surface area contributed by atoms with Gasteiger partial charge in [0.2, 0.25) is 0 Å². The van der Waals surface area contributed by atoms with E-state index in [1.165, 1.54) is 19.5 Å². The summed E-state index contributed by atoms with van der Waals surface area (Å²) in [5.41, 5.74) is 1.57. The molecule has 1 heteroatoms. The smallest absolute Gasteiger partial charge is 0.00176 e. The van der Waals surface area contributed by atoms with Gasteiger partial charge in [-0.3, -0.25) is 0 Å². The Morgan fingerprint density at radius 3 is 2.87 bits per heavy atom. The highest BCUT2D eigenvalue weighted by Gasteiger charge is 2.26. The SMILES string of the molecule is C/C1=C/[C@@H]2CNC[C@@H]2C/C=C\[C@@H]1C(C)C. The van der Waals surface area contributed by atoms with E-state index in [4.69, 9.17) is 0 Å². The molecule has 0 radical (unpaired) electrons. The lowest BCUT2D eigenvalue weighted by Gasteiger charge is -2.24. The van der Waals surface area contributed by atoms with Gasteiger partial charge in [-0.1, -0.05) is 37.6 Å². The summed E-state index contributed by atoms with van der Waals surface area (Å²) in [5, 5.41) is 3.51. The second kappa shape index (κ2) is 4.52. The molecule has 0 saturated carbocycles. The molecular formula is C14H23N. The molecule has 1 saturated heterocycles.